The van der Waals surface area contributed by atoms with Gasteiger partial charge in [-0.1, -0.05) is 30.3 Å². The minimum atomic E-state index is -0.498. The fourth-order valence-electron chi connectivity index (χ4n) is 4.67. The van der Waals surface area contributed by atoms with Crippen molar-refractivity contribution in [2.24, 2.45) is 11.8 Å². The monoisotopic (exact) mass is 463 g/mol. The molecule has 4 atom stereocenters. The highest BCUT2D eigenvalue weighted by atomic mass is 35.5. The average Bonchev–Trinajstić information content (AvgIpc) is 3.35. The molecule has 2 aliphatic rings. The van der Waals surface area contributed by atoms with Crippen molar-refractivity contribution in [2.45, 2.75) is 31.5 Å². The number of aliphatic hydroxyl groups excluding tert-OH is 1. The van der Waals surface area contributed by atoms with E-state index >= 15 is 0 Å². The van der Waals surface area contributed by atoms with Crippen molar-refractivity contribution < 1.29 is 9.90 Å². The number of hydrogen-bond donors (Lipinski definition) is 3. The number of pyridine rings is 1. The number of rotatable bonds is 4. The standard InChI is InChI=1S/C22H25N5O2.2ClH/c28-20-8-16-10-23-9-15(16)6-18(20)26-22(29)17-7-19-21(24-11-17)27(13-25-19)12-14-4-2-1-3-5-14;;/h1-5,7,11,13,15-16,18,20,23,28H,6,8-10,12H2,(H,26,29);2*1H/t15-,16+,18-,20-;;/m0../s1. The number of imidazole rings is 1. The van der Waals surface area contributed by atoms with Gasteiger partial charge in [-0.3, -0.25) is 4.79 Å². The topological polar surface area (TPSA) is 92.1 Å². The number of nitrogens with zero attached hydrogens (tertiary/aromatic N) is 3. The van der Waals surface area contributed by atoms with Crippen LogP contribution in [0.15, 0.2) is 48.9 Å². The third-order valence-corrected chi connectivity index (χ3v) is 6.28. The zero-order chi connectivity index (χ0) is 19.8. The third kappa shape index (κ3) is 4.85. The van der Waals surface area contributed by atoms with E-state index in [4.69, 9.17) is 0 Å². The molecule has 3 aromatic rings. The second-order valence-corrected chi connectivity index (χ2v) is 8.22. The number of aliphatic hydroxyl groups is 1. The Morgan fingerprint density at radius 3 is 2.65 bits per heavy atom. The van der Waals surface area contributed by atoms with Gasteiger partial charge in [-0.15, -0.1) is 24.8 Å². The van der Waals surface area contributed by atoms with E-state index in [1.54, 1.807) is 18.6 Å². The summed E-state index contributed by atoms with van der Waals surface area (Å²) >= 11 is 0. The van der Waals surface area contributed by atoms with E-state index in [2.05, 4.69) is 32.7 Å². The lowest BCUT2D eigenvalue weighted by Gasteiger charge is -2.35. The third-order valence-electron chi connectivity index (χ3n) is 6.28. The van der Waals surface area contributed by atoms with Gasteiger partial charge < -0.3 is 20.3 Å². The highest BCUT2D eigenvalue weighted by Crippen LogP contribution is 2.33. The van der Waals surface area contributed by atoms with Crippen molar-refractivity contribution in [1.82, 2.24) is 25.2 Å². The van der Waals surface area contributed by atoms with E-state index in [0.29, 0.717) is 29.5 Å². The lowest BCUT2D eigenvalue weighted by atomic mass is 9.77. The van der Waals surface area contributed by atoms with Gasteiger partial charge in [0.05, 0.1) is 30.6 Å². The van der Waals surface area contributed by atoms with E-state index in [1.165, 1.54) is 5.56 Å². The molecule has 3 N–H and O–H groups in total. The molecule has 2 aromatic heterocycles. The van der Waals surface area contributed by atoms with Gasteiger partial charge in [-0.2, -0.15) is 0 Å². The molecule has 0 unspecified atom stereocenters. The molecule has 0 bridgehead atoms. The van der Waals surface area contributed by atoms with Crippen LogP contribution in [0, 0.1) is 11.8 Å². The van der Waals surface area contributed by atoms with E-state index in [-0.39, 0.29) is 36.8 Å². The van der Waals surface area contributed by atoms with E-state index < -0.39 is 6.10 Å². The Balaban J connectivity index is 0.00000136. The first-order valence-electron chi connectivity index (χ1n) is 10.2. The first kappa shape index (κ1) is 23.5. The molecular weight excluding hydrogens is 437 g/mol. The highest BCUT2D eigenvalue weighted by Gasteiger charge is 2.39. The number of amides is 1. The smallest absolute Gasteiger partial charge is 0.253 e. The summed E-state index contributed by atoms with van der Waals surface area (Å²) in [6, 6.07) is 11.7. The summed E-state index contributed by atoms with van der Waals surface area (Å²) in [5, 5.41) is 16.9. The molecule has 5 rings (SSSR count). The van der Waals surface area contributed by atoms with Crippen LogP contribution >= 0.6 is 24.8 Å². The van der Waals surface area contributed by atoms with Crippen LogP contribution < -0.4 is 10.6 Å². The summed E-state index contributed by atoms with van der Waals surface area (Å²) in [7, 11) is 0. The molecule has 2 fully saturated rings. The van der Waals surface area contributed by atoms with Crippen molar-refractivity contribution in [1.29, 1.82) is 0 Å². The molecule has 7 nitrogen and oxygen atoms in total. The van der Waals surface area contributed by atoms with Crippen LogP contribution in [0.2, 0.25) is 0 Å². The molecule has 31 heavy (non-hydrogen) atoms. The largest absolute Gasteiger partial charge is 0.391 e. The number of carbonyl (C=O) groups is 1. The molecule has 9 heteroatoms. The molecule has 0 radical (unpaired) electrons. The summed E-state index contributed by atoms with van der Waals surface area (Å²) in [5.74, 6) is 0.841. The molecule has 0 spiro atoms. The number of hydrogen-bond acceptors (Lipinski definition) is 5. The van der Waals surface area contributed by atoms with Crippen LogP contribution in [-0.2, 0) is 6.54 Å². The van der Waals surface area contributed by atoms with Gasteiger partial charge in [-0.05, 0) is 49.4 Å². The van der Waals surface area contributed by atoms with Crippen LogP contribution in [0.4, 0.5) is 0 Å². The Morgan fingerprint density at radius 2 is 1.87 bits per heavy atom. The van der Waals surface area contributed by atoms with Gasteiger partial charge in [0.25, 0.3) is 5.91 Å². The minimum absolute atomic E-state index is 0. The van der Waals surface area contributed by atoms with Crippen molar-refractivity contribution in [3.8, 4) is 0 Å². The van der Waals surface area contributed by atoms with E-state index in [0.717, 1.165) is 31.6 Å². The number of aromatic nitrogens is 3. The van der Waals surface area contributed by atoms with Crippen LogP contribution in [0.25, 0.3) is 11.2 Å². The van der Waals surface area contributed by atoms with E-state index in [9.17, 15) is 9.90 Å². The molecule has 166 valence electrons. The summed E-state index contributed by atoms with van der Waals surface area (Å²) in [4.78, 5) is 21.7. The predicted molar refractivity (Wildman–Crippen MR) is 124 cm³/mol. The van der Waals surface area contributed by atoms with Gasteiger partial charge in [0.1, 0.15) is 5.52 Å². The molecule has 1 aromatic carbocycles. The Bertz CT molecular complexity index is 1030. The van der Waals surface area contributed by atoms with E-state index in [1.807, 2.05) is 22.8 Å². The van der Waals surface area contributed by atoms with Crippen molar-refractivity contribution in [3.63, 3.8) is 0 Å². The van der Waals surface area contributed by atoms with Gasteiger partial charge in [0.15, 0.2) is 5.65 Å². The summed E-state index contributed by atoms with van der Waals surface area (Å²) in [5.41, 5.74) is 3.09. The molecule has 1 amide bonds. The molecule has 1 saturated carbocycles. The van der Waals surface area contributed by atoms with Crippen LogP contribution in [0.1, 0.15) is 28.8 Å². The first-order chi connectivity index (χ1) is 14.2. The summed E-state index contributed by atoms with van der Waals surface area (Å²) in [6.07, 6.45) is 4.40. The first-order valence-corrected chi connectivity index (χ1v) is 10.2. The molecule has 3 heterocycles. The molecule has 1 aliphatic heterocycles. The second-order valence-electron chi connectivity index (χ2n) is 8.22. The second kappa shape index (κ2) is 9.96. The highest BCUT2D eigenvalue weighted by molar-refractivity contribution is 5.96. The lowest BCUT2D eigenvalue weighted by molar-refractivity contribution is 0.0462. The minimum Gasteiger partial charge on any atom is -0.391 e. The number of carbonyl (C=O) groups excluding carboxylic acids is 1. The average molecular weight is 464 g/mol. The summed E-state index contributed by atoms with van der Waals surface area (Å²) < 4.78 is 1.98. The quantitative estimate of drug-likeness (QED) is 0.552. The zero-order valence-corrected chi connectivity index (χ0v) is 18.6. The Labute approximate surface area is 193 Å². The van der Waals surface area contributed by atoms with Gasteiger partial charge in [0, 0.05) is 6.20 Å². The van der Waals surface area contributed by atoms with Crippen molar-refractivity contribution >= 4 is 41.9 Å². The maximum Gasteiger partial charge on any atom is 0.253 e. The fourth-order valence-corrected chi connectivity index (χ4v) is 4.67. The van der Waals surface area contributed by atoms with Crippen molar-refractivity contribution in [3.05, 3.63) is 60.0 Å². The molecule has 1 saturated heterocycles. The van der Waals surface area contributed by atoms with Gasteiger partial charge in [0.2, 0.25) is 0 Å². The number of nitrogens with one attached hydrogen (secondary N) is 2. The SMILES string of the molecule is Cl.Cl.O=C(N[C@H]1C[C@H]2CNC[C@H]2C[C@@H]1O)c1cnc2c(c1)ncn2Cc1ccccc1. The van der Waals surface area contributed by atoms with Gasteiger partial charge in [-0.25, -0.2) is 9.97 Å². The Hall–Kier alpha value is -2.19. The van der Waals surface area contributed by atoms with Crippen LogP contribution in [0.3, 0.4) is 0 Å². The summed E-state index contributed by atoms with van der Waals surface area (Å²) in [6.45, 7) is 2.62. The Morgan fingerprint density at radius 1 is 1.13 bits per heavy atom. The predicted octanol–water partition coefficient (Wildman–Crippen LogP) is 2.41. The number of fused-ring (bicyclic) bond motifs is 2. The Kier molecular flexibility index (Phi) is 7.54. The van der Waals surface area contributed by atoms with Gasteiger partial charge >= 0.3 is 0 Å². The number of halogens is 2. The number of benzene rings is 1. The molecular formula is C22H27Cl2N5O2. The van der Waals surface area contributed by atoms with Crippen LogP contribution in [0.5, 0.6) is 0 Å². The van der Waals surface area contributed by atoms with Crippen LogP contribution in [-0.4, -0.2) is 50.8 Å². The molecule has 1 aliphatic carbocycles. The lowest BCUT2D eigenvalue weighted by Crippen LogP contribution is -2.49. The maximum atomic E-state index is 12.8. The zero-order valence-electron chi connectivity index (χ0n) is 17.0. The fraction of sp³-hybridized carbons (Fsp3) is 0.409. The van der Waals surface area contributed by atoms with Crippen molar-refractivity contribution in [2.75, 3.05) is 13.1 Å². The normalized spacial score (nSPS) is 24.7. The maximum absolute atomic E-state index is 12.8.